The largest absolute Gasteiger partial charge is 1.00 e. The van der Waals surface area contributed by atoms with Gasteiger partial charge in [-0.25, -0.2) is 0 Å². The van der Waals surface area contributed by atoms with Crippen molar-refractivity contribution in [3.05, 3.63) is 23.8 Å². The molecule has 2 fully saturated rings. The Morgan fingerprint density at radius 1 is 1.31 bits per heavy atom. The minimum Gasteiger partial charge on any atom is -0.550 e. The van der Waals surface area contributed by atoms with Crippen LogP contribution in [-0.4, -0.2) is 28.4 Å². The Hall–Kier alpha value is -0.130. The number of hydrogen-bond donors (Lipinski definition) is 2. The summed E-state index contributed by atoms with van der Waals surface area (Å²) in [5, 5.41) is 30.9. The maximum absolute atomic E-state index is 10.5. The molecule has 2 aliphatic carbocycles. The smallest absolute Gasteiger partial charge is 0.550 e. The van der Waals surface area contributed by atoms with E-state index < -0.39 is 12.1 Å². The van der Waals surface area contributed by atoms with Crippen molar-refractivity contribution in [2.24, 2.45) is 17.8 Å². The molecular formula is C21H33NaO4. The number of aliphatic hydroxyl groups excluding tert-OH is 2. The van der Waals surface area contributed by atoms with Crippen LogP contribution in [0.25, 0.3) is 0 Å². The molecule has 5 atom stereocenters. The van der Waals surface area contributed by atoms with Gasteiger partial charge < -0.3 is 20.1 Å². The molecule has 142 valence electrons. The Morgan fingerprint density at radius 2 is 2.08 bits per heavy atom. The predicted octanol–water partition coefficient (Wildman–Crippen LogP) is -0.259. The van der Waals surface area contributed by atoms with Gasteiger partial charge in [-0.05, 0) is 56.8 Å². The van der Waals surface area contributed by atoms with Crippen LogP contribution in [0.2, 0.25) is 0 Å². The molecule has 0 aliphatic heterocycles. The number of carboxylic acids is 1. The minimum absolute atomic E-state index is 0. The quantitative estimate of drug-likeness (QED) is 0.315. The zero-order valence-corrected chi connectivity index (χ0v) is 18.4. The Labute approximate surface area is 180 Å². The molecule has 0 unspecified atom stereocenters. The number of allylic oxidation sites excluding steroid dienone is 2. The van der Waals surface area contributed by atoms with E-state index >= 15 is 0 Å². The molecule has 0 aromatic heterocycles. The summed E-state index contributed by atoms with van der Waals surface area (Å²) in [5.41, 5.74) is 1.40. The number of aliphatic carboxylic acids is 1. The van der Waals surface area contributed by atoms with E-state index in [-0.39, 0.29) is 48.0 Å². The van der Waals surface area contributed by atoms with E-state index in [2.05, 4.69) is 13.0 Å². The molecule has 0 aromatic carbocycles. The summed E-state index contributed by atoms with van der Waals surface area (Å²) in [6.45, 7) is 2.15. The molecule has 0 aromatic rings. The number of fused-ring (bicyclic) bond motifs is 1. The standard InChI is InChI=1S/C21H34O4.Na/c1-2-3-4-8-17(22)10-11-18-19-13-15(7-5-6-9-21(24)25)12-16(19)14-20(18)23;/h7,10-11,16-20,22-23H,2-6,8-9,12-14H2,1H3,(H,24,25);/q;+1/p-1/b11-10+,15-7+;/t16-,17-,18+,19-,20+;/m0./s1. The summed E-state index contributed by atoms with van der Waals surface area (Å²) in [4.78, 5) is 10.5. The van der Waals surface area contributed by atoms with Crippen LogP contribution in [-0.2, 0) is 4.79 Å². The third kappa shape index (κ3) is 7.47. The van der Waals surface area contributed by atoms with E-state index in [1.54, 1.807) is 0 Å². The molecule has 26 heavy (non-hydrogen) atoms. The van der Waals surface area contributed by atoms with Crippen LogP contribution in [0.3, 0.4) is 0 Å². The van der Waals surface area contributed by atoms with Gasteiger partial charge >= 0.3 is 29.6 Å². The van der Waals surface area contributed by atoms with Gasteiger partial charge in [0, 0.05) is 11.9 Å². The SMILES string of the molecule is CCCCC[C@H](O)/C=C/[C@@H]1[C@H]2C/C(=C/CCCC(=O)[O-])C[C@H]2C[C@H]1O.[Na+]. The number of unbranched alkanes of at least 4 members (excludes halogenated alkanes) is 3. The van der Waals surface area contributed by atoms with Crippen molar-refractivity contribution >= 4 is 5.97 Å². The Morgan fingerprint density at radius 3 is 2.77 bits per heavy atom. The second kappa shape index (κ2) is 12.4. The van der Waals surface area contributed by atoms with Crippen LogP contribution in [0.4, 0.5) is 0 Å². The zero-order valence-electron chi connectivity index (χ0n) is 16.4. The van der Waals surface area contributed by atoms with Crippen LogP contribution in [0, 0.1) is 17.8 Å². The third-order valence-electron chi connectivity index (χ3n) is 5.79. The van der Waals surface area contributed by atoms with Crippen LogP contribution in [0.1, 0.15) is 71.1 Å². The van der Waals surface area contributed by atoms with Gasteiger partial charge in [-0.15, -0.1) is 0 Å². The van der Waals surface area contributed by atoms with Crippen molar-refractivity contribution in [2.75, 3.05) is 0 Å². The van der Waals surface area contributed by atoms with Gasteiger partial charge in [-0.3, -0.25) is 0 Å². The number of carbonyl (C=O) groups is 1. The van der Waals surface area contributed by atoms with E-state index in [0.717, 1.165) is 51.4 Å². The molecule has 2 N–H and O–H groups in total. The average Bonchev–Trinajstić information content (AvgIpc) is 3.06. The van der Waals surface area contributed by atoms with E-state index in [0.29, 0.717) is 18.3 Å². The molecule has 0 spiro atoms. The van der Waals surface area contributed by atoms with Crippen LogP contribution >= 0.6 is 0 Å². The van der Waals surface area contributed by atoms with Crippen LogP contribution in [0.5, 0.6) is 0 Å². The fourth-order valence-corrected chi connectivity index (χ4v) is 4.45. The van der Waals surface area contributed by atoms with Crippen molar-refractivity contribution in [1.29, 1.82) is 0 Å². The van der Waals surface area contributed by atoms with Gasteiger partial charge in [0.2, 0.25) is 0 Å². The van der Waals surface area contributed by atoms with Crippen molar-refractivity contribution < 1.29 is 49.7 Å². The number of hydrogen-bond acceptors (Lipinski definition) is 4. The fraction of sp³-hybridized carbons (Fsp3) is 0.762. The Kier molecular flexibility index (Phi) is 11.4. The number of rotatable bonds is 10. The predicted molar refractivity (Wildman–Crippen MR) is 96.6 cm³/mol. The number of carboxylic acid groups (broad SMARTS) is 1. The van der Waals surface area contributed by atoms with Crippen molar-refractivity contribution in [1.82, 2.24) is 0 Å². The van der Waals surface area contributed by atoms with E-state index in [4.69, 9.17) is 0 Å². The fourth-order valence-electron chi connectivity index (χ4n) is 4.45. The average molecular weight is 372 g/mol. The summed E-state index contributed by atoms with van der Waals surface area (Å²) >= 11 is 0. The molecule has 0 radical (unpaired) electrons. The van der Waals surface area contributed by atoms with Gasteiger partial charge in [-0.1, -0.05) is 50.0 Å². The third-order valence-corrected chi connectivity index (χ3v) is 5.79. The van der Waals surface area contributed by atoms with Gasteiger partial charge in [-0.2, -0.15) is 0 Å². The van der Waals surface area contributed by atoms with E-state index in [9.17, 15) is 20.1 Å². The Bertz CT molecular complexity index is 488. The van der Waals surface area contributed by atoms with Crippen molar-refractivity contribution in [3.8, 4) is 0 Å². The Balaban J connectivity index is 0.00000338. The summed E-state index contributed by atoms with van der Waals surface area (Å²) in [7, 11) is 0. The molecule has 0 saturated heterocycles. The maximum Gasteiger partial charge on any atom is 1.00 e. The minimum atomic E-state index is -0.979. The number of carbonyl (C=O) groups excluding carboxylic acids is 1. The summed E-state index contributed by atoms with van der Waals surface area (Å²) in [5.74, 6) is 0.142. The van der Waals surface area contributed by atoms with Gasteiger partial charge in [0.25, 0.3) is 0 Å². The summed E-state index contributed by atoms with van der Waals surface area (Å²) in [6, 6.07) is 0. The molecule has 2 saturated carbocycles. The van der Waals surface area contributed by atoms with Crippen molar-refractivity contribution in [3.63, 3.8) is 0 Å². The molecule has 2 aliphatic rings. The monoisotopic (exact) mass is 372 g/mol. The molecule has 4 nitrogen and oxygen atoms in total. The van der Waals surface area contributed by atoms with E-state index in [1.165, 1.54) is 5.57 Å². The molecule has 5 heteroatoms. The van der Waals surface area contributed by atoms with Gasteiger partial charge in [0.15, 0.2) is 0 Å². The molecule has 0 amide bonds. The van der Waals surface area contributed by atoms with Gasteiger partial charge in [0.05, 0.1) is 12.2 Å². The van der Waals surface area contributed by atoms with Crippen molar-refractivity contribution in [2.45, 2.75) is 83.3 Å². The molecule has 0 bridgehead atoms. The van der Waals surface area contributed by atoms with Gasteiger partial charge in [0.1, 0.15) is 0 Å². The normalized spacial score (nSPS) is 30.5. The first-order valence-electron chi connectivity index (χ1n) is 9.93. The zero-order chi connectivity index (χ0) is 18.2. The van der Waals surface area contributed by atoms with Crippen LogP contribution < -0.4 is 34.7 Å². The first kappa shape index (κ1) is 23.9. The first-order valence-corrected chi connectivity index (χ1v) is 9.93. The molecule has 0 heterocycles. The molecular weight excluding hydrogens is 339 g/mol. The van der Waals surface area contributed by atoms with E-state index in [1.807, 2.05) is 12.2 Å². The number of aliphatic hydroxyl groups is 2. The van der Waals surface area contributed by atoms with Crippen LogP contribution in [0.15, 0.2) is 23.8 Å². The second-order valence-electron chi connectivity index (χ2n) is 7.79. The first-order chi connectivity index (χ1) is 12.0. The summed E-state index contributed by atoms with van der Waals surface area (Å²) in [6.07, 6.45) is 14.0. The maximum atomic E-state index is 10.5. The molecule has 2 rings (SSSR count). The summed E-state index contributed by atoms with van der Waals surface area (Å²) < 4.78 is 0. The topological polar surface area (TPSA) is 80.6 Å². The second-order valence-corrected chi connectivity index (χ2v) is 7.79.